The fraction of sp³-hybridized carbons (Fsp3) is 0.556. The van der Waals surface area contributed by atoms with E-state index in [0.29, 0.717) is 30.5 Å². The molecule has 0 unspecified atom stereocenters. The van der Waals surface area contributed by atoms with Crippen LogP contribution in [-0.2, 0) is 0 Å². The van der Waals surface area contributed by atoms with Crippen LogP contribution in [0.1, 0.15) is 12.6 Å². The summed E-state index contributed by atoms with van der Waals surface area (Å²) >= 11 is 5.61. The van der Waals surface area contributed by atoms with E-state index in [1.807, 2.05) is 6.92 Å². The lowest BCUT2D eigenvalue weighted by molar-refractivity contribution is 0.593. The quantitative estimate of drug-likeness (QED) is 0.723. The van der Waals surface area contributed by atoms with Crippen LogP contribution in [-0.4, -0.2) is 28.9 Å². The van der Waals surface area contributed by atoms with Crippen molar-refractivity contribution in [3.63, 3.8) is 0 Å². The molecule has 1 rings (SSSR count). The van der Waals surface area contributed by atoms with Crippen LogP contribution in [0.4, 0.5) is 10.2 Å². The summed E-state index contributed by atoms with van der Waals surface area (Å²) in [6.45, 7) is 4.82. The van der Waals surface area contributed by atoms with Gasteiger partial charge in [0.15, 0.2) is 11.6 Å². The summed E-state index contributed by atoms with van der Waals surface area (Å²) in [5.74, 6) is 0.427. The predicted octanol–water partition coefficient (Wildman–Crippen LogP) is 1.99. The minimum Gasteiger partial charge on any atom is -0.353 e. The second-order valence-corrected chi connectivity index (χ2v) is 3.24. The molecule has 0 N–H and O–H groups in total. The number of halogens is 2. The highest BCUT2D eigenvalue weighted by atomic mass is 35.5. The van der Waals surface area contributed by atoms with Crippen molar-refractivity contribution in [3.8, 4) is 0 Å². The van der Waals surface area contributed by atoms with Gasteiger partial charge in [0.25, 0.3) is 0 Å². The van der Waals surface area contributed by atoms with Crippen LogP contribution in [0, 0.1) is 12.7 Å². The van der Waals surface area contributed by atoms with Crippen LogP contribution in [0.3, 0.4) is 0 Å². The predicted molar refractivity (Wildman–Crippen MR) is 55.3 cm³/mol. The third-order valence-corrected chi connectivity index (χ3v) is 2.15. The first-order valence-electron chi connectivity index (χ1n) is 4.48. The van der Waals surface area contributed by atoms with Crippen LogP contribution < -0.4 is 4.90 Å². The first-order chi connectivity index (χ1) is 6.70. The van der Waals surface area contributed by atoms with E-state index in [0.717, 1.165) is 0 Å². The molecule has 0 bridgehead atoms. The van der Waals surface area contributed by atoms with Crippen molar-refractivity contribution in [2.45, 2.75) is 13.8 Å². The minimum absolute atomic E-state index is 0.334. The molecule has 0 fully saturated rings. The molecule has 5 heteroatoms. The zero-order valence-electron chi connectivity index (χ0n) is 8.30. The Labute approximate surface area is 87.9 Å². The molecular formula is C9H13ClFN3. The summed E-state index contributed by atoms with van der Waals surface area (Å²) < 4.78 is 13.6. The van der Waals surface area contributed by atoms with Crippen molar-refractivity contribution >= 4 is 17.4 Å². The van der Waals surface area contributed by atoms with Crippen LogP contribution in [0.2, 0.25) is 0 Å². The van der Waals surface area contributed by atoms with Gasteiger partial charge in [-0.15, -0.1) is 11.6 Å². The van der Waals surface area contributed by atoms with Gasteiger partial charge in [-0.1, -0.05) is 0 Å². The second kappa shape index (κ2) is 5.10. The maximum atomic E-state index is 13.6. The molecule has 0 amide bonds. The monoisotopic (exact) mass is 217 g/mol. The Morgan fingerprint density at radius 3 is 2.79 bits per heavy atom. The number of nitrogens with zero attached hydrogens (tertiary/aromatic N) is 3. The Kier molecular flexibility index (Phi) is 4.07. The molecule has 0 spiro atoms. The largest absolute Gasteiger partial charge is 0.353 e. The van der Waals surface area contributed by atoms with E-state index in [2.05, 4.69) is 9.97 Å². The lowest BCUT2D eigenvalue weighted by Gasteiger charge is -2.21. The molecule has 0 aliphatic heterocycles. The highest BCUT2D eigenvalue weighted by Gasteiger charge is 2.13. The van der Waals surface area contributed by atoms with E-state index >= 15 is 0 Å². The maximum absolute atomic E-state index is 13.6. The smallest absolute Gasteiger partial charge is 0.186 e. The third-order valence-electron chi connectivity index (χ3n) is 1.98. The van der Waals surface area contributed by atoms with Gasteiger partial charge in [0.1, 0.15) is 6.33 Å². The highest BCUT2D eigenvalue weighted by molar-refractivity contribution is 6.18. The minimum atomic E-state index is -0.362. The number of aromatic nitrogens is 2. The number of alkyl halides is 1. The van der Waals surface area contributed by atoms with E-state index in [9.17, 15) is 4.39 Å². The molecule has 0 saturated carbocycles. The van der Waals surface area contributed by atoms with Gasteiger partial charge in [0, 0.05) is 19.0 Å². The molecular weight excluding hydrogens is 205 g/mol. The molecule has 1 heterocycles. The summed E-state index contributed by atoms with van der Waals surface area (Å²) in [6.07, 6.45) is 1.37. The van der Waals surface area contributed by atoms with Gasteiger partial charge in [-0.25, -0.2) is 14.4 Å². The van der Waals surface area contributed by atoms with Crippen molar-refractivity contribution in [2.24, 2.45) is 0 Å². The highest BCUT2D eigenvalue weighted by Crippen LogP contribution is 2.16. The van der Waals surface area contributed by atoms with Gasteiger partial charge in [-0.2, -0.15) is 0 Å². The van der Waals surface area contributed by atoms with Crippen LogP contribution in [0.5, 0.6) is 0 Å². The second-order valence-electron chi connectivity index (χ2n) is 2.87. The van der Waals surface area contributed by atoms with E-state index in [1.54, 1.807) is 11.8 Å². The Hall–Kier alpha value is -0.900. The summed E-state index contributed by atoms with van der Waals surface area (Å²) in [4.78, 5) is 9.47. The van der Waals surface area contributed by atoms with Crippen molar-refractivity contribution in [3.05, 3.63) is 17.8 Å². The van der Waals surface area contributed by atoms with Gasteiger partial charge < -0.3 is 4.90 Å². The van der Waals surface area contributed by atoms with E-state index in [-0.39, 0.29) is 5.82 Å². The molecule has 1 aromatic rings. The maximum Gasteiger partial charge on any atom is 0.186 e. The molecule has 1 aromatic heterocycles. The summed E-state index contributed by atoms with van der Waals surface area (Å²) in [5, 5.41) is 0. The Morgan fingerprint density at radius 1 is 1.50 bits per heavy atom. The van der Waals surface area contributed by atoms with Crippen molar-refractivity contribution in [2.75, 3.05) is 23.9 Å². The Bertz CT molecular complexity index is 306. The fourth-order valence-corrected chi connectivity index (χ4v) is 1.39. The average molecular weight is 218 g/mol. The van der Waals surface area contributed by atoms with Gasteiger partial charge in [-0.05, 0) is 13.8 Å². The van der Waals surface area contributed by atoms with Crippen molar-refractivity contribution in [1.29, 1.82) is 0 Å². The van der Waals surface area contributed by atoms with E-state index < -0.39 is 0 Å². The van der Waals surface area contributed by atoms with Gasteiger partial charge in [0.2, 0.25) is 0 Å². The number of rotatable bonds is 4. The number of hydrogen-bond acceptors (Lipinski definition) is 3. The molecule has 78 valence electrons. The summed E-state index contributed by atoms with van der Waals surface area (Å²) in [5.41, 5.74) is 0.364. The van der Waals surface area contributed by atoms with Gasteiger partial charge >= 0.3 is 0 Å². The topological polar surface area (TPSA) is 29.0 Å². The van der Waals surface area contributed by atoms with Crippen LogP contribution in [0.15, 0.2) is 6.33 Å². The molecule has 0 atom stereocenters. The van der Waals surface area contributed by atoms with Crippen LogP contribution >= 0.6 is 11.6 Å². The normalized spacial score (nSPS) is 10.3. The average Bonchev–Trinajstić information content (AvgIpc) is 2.19. The zero-order valence-corrected chi connectivity index (χ0v) is 9.05. The molecule has 0 aliphatic carbocycles. The van der Waals surface area contributed by atoms with Crippen molar-refractivity contribution in [1.82, 2.24) is 9.97 Å². The van der Waals surface area contributed by atoms with Gasteiger partial charge in [0.05, 0.1) is 5.69 Å². The standard InChI is InChI=1S/C9H13ClFN3/c1-3-14(5-4-10)9-8(11)7(2)12-6-13-9/h6H,3-5H2,1-2H3. The number of hydrogen-bond donors (Lipinski definition) is 0. The molecule has 0 aromatic carbocycles. The molecule has 14 heavy (non-hydrogen) atoms. The van der Waals surface area contributed by atoms with Crippen LogP contribution in [0.25, 0.3) is 0 Å². The molecule has 3 nitrogen and oxygen atoms in total. The zero-order chi connectivity index (χ0) is 10.6. The summed E-state index contributed by atoms with van der Waals surface area (Å²) in [6, 6.07) is 0. The molecule has 0 saturated heterocycles. The van der Waals surface area contributed by atoms with Crippen molar-refractivity contribution < 1.29 is 4.39 Å². The first kappa shape index (κ1) is 11.2. The number of aryl methyl sites for hydroxylation is 1. The van der Waals surface area contributed by atoms with E-state index in [4.69, 9.17) is 11.6 Å². The first-order valence-corrected chi connectivity index (χ1v) is 5.02. The van der Waals surface area contributed by atoms with Gasteiger partial charge in [-0.3, -0.25) is 0 Å². The summed E-state index contributed by atoms with van der Waals surface area (Å²) in [7, 11) is 0. The SMILES string of the molecule is CCN(CCCl)c1ncnc(C)c1F. The Morgan fingerprint density at radius 2 is 2.21 bits per heavy atom. The lowest BCUT2D eigenvalue weighted by atomic mass is 10.3. The van der Waals surface area contributed by atoms with E-state index in [1.165, 1.54) is 6.33 Å². The molecule has 0 radical (unpaired) electrons. The Balaban J connectivity index is 2.97. The third kappa shape index (κ3) is 2.32. The number of anilines is 1. The lowest BCUT2D eigenvalue weighted by Crippen LogP contribution is -2.27. The molecule has 0 aliphatic rings. The fourth-order valence-electron chi connectivity index (χ4n) is 1.18.